The third-order valence-corrected chi connectivity index (χ3v) is 18.0. The van der Waals surface area contributed by atoms with Gasteiger partial charge in [0.2, 0.25) is 0 Å². The van der Waals surface area contributed by atoms with Crippen LogP contribution < -0.4 is 0 Å². The zero-order valence-electron chi connectivity index (χ0n) is 50.9. The van der Waals surface area contributed by atoms with E-state index in [0.717, 1.165) is 11.1 Å². The van der Waals surface area contributed by atoms with Crippen molar-refractivity contribution < 1.29 is 93.1 Å². The number of hydrogen-bond donors (Lipinski definition) is 8. The molecule has 468 valence electrons. The standard InChI is InChI=1S/C63H102O19/c1-14-41-22-20-24-43(16-3)59(35(7)48(65)31-62(73)33-50(45(18-5)37(9)81-62)77-54-30-47(64)55(69)39(11)75-54)79-52(67)28-26-42(15-2)23-21-25-44(17-4)60(80-53(68)29-27-41)36(8)49(66)32-63(74-13)34-51(46(19-6)38(10)82-63)78-61-58(72)57(71)56(70)40(12)76-61/h20-29,35-40,43-51,54-61,64-66,69-73H,14-19,30-34H2,1-13H3. The third-order valence-electron chi connectivity index (χ3n) is 18.0. The average molecular weight is 1160 g/mol. The normalized spacial score (nSPS) is 40.9. The fourth-order valence-electron chi connectivity index (χ4n) is 12.6. The smallest absolute Gasteiger partial charge is 0.331 e. The van der Waals surface area contributed by atoms with Gasteiger partial charge in [-0.25, -0.2) is 9.59 Å². The lowest BCUT2D eigenvalue weighted by atomic mass is 9.80. The predicted molar refractivity (Wildman–Crippen MR) is 306 cm³/mol. The van der Waals surface area contributed by atoms with Crippen LogP contribution in [0, 0.1) is 35.5 Å². The van der Waals surface area contributed by atoms with E-state index in [-0.39, 0.29) is 43.9 Å². The summed E-state index contributed by atoms with van der Waals surface area (Å²) < 4.78 is 56.1. The molecule has 5 rings (SSSR count). The summed E-state index contributed by atoms with van der Waals surface area (Å²) in [6.45, 7) is 22.4. The Kier molecular flexibility index (Phi) is 27.1. The Hall–Kier alpha value is -3.22. The lowest BCUT2D eigenvalue weighted by molar-refractivity contribution is -0.351. The zero-order chi connectivity index (χ0) is 60.8. The number of methoxy groups -OCH3 is 1. The number of carbonyl (C=O) groups excluding carboxylic acids is 2. The summed E-state index contributed by atoms with van der Waals surface area (Å²) in [5.74, 6) is -6.99. The SMILES string of the molecule is CCC1=CC=CC(CC)C(C(C)C(O)CC2(OC)CC(OC3OC(C)C(O)C(O)C3O)C(CC)C(C)O2)OC(=O)C=CC(CC)=CC=CC(CC)C(C(C)C(O)CC2(O)CC(OC3CC(O)C(O)C(C)O3)C(CC)C(C)O2)OC(=O)C=C1. The highest BCUT2D eigenvalue weighted by Gasteiger charge is 2.52. The van der Waals surface area contributed by atoms with Gasteiger partial charge in [0.1, 0.15) is 36.6 Å². The summed E-state index contributed by atoms with van der Waals surface area (Å²) in [4.78, 5) is 27.9. The van der Waals surface area contributed by atoms with Crippen LogP contribution in [-0.4, -0.2) is 176 Å². The molecule has 5 aliphatic heterocycles. The van der Waals surface area contributed by atoms with E-state index < -0.39 is 151 Å². The quantitative estimate of drug-likeness (QED) is 0.0625. The number of aliphatic hydroxyl groups excluding tert-OH is 7. The molecule has 0 aromatic heterocycles. The highest BCUT2D eigenvalue weighted by Crippen LogP contribution is 2.44. The maximum absolute atomic E-state index is 14.0. The van der Waals surface area contributed by atoms with Gasteiger partial charge in [0.25, 0.3) is 0 Å². The Morgan fingerprint density at radius 2 is 1.09 bits per heavy atom. The first kappa shape index (κ1) is 69.6. The van der Waals surface area contributed by atoms with Crippen molar-refractivity contribution >= 4 is 11.9 Å². The van der Waals surface area contributed by atoms with E-state index in [0.29, 0.717) is 38.5 Å². The van der Waals surface area contributed by atoms with Gasteiger partial charge >= 0.3 is 11.9 Å². The first-order chi connectivity index (χ1) is 38.8. The van der Waals surface area contributed by atoms with Gasteiger partial charge in [-0.1, -0.05) is 104 Å². The molecule has 82 heavy (non-hydrogen) atoms. The molecule has 0 aromatic carbocycles. The Bertz CT molecular complexity index is 2170. The highest BCUT2D eigenvalue weighted by atomic mass is 16.7. The molecule has 0 spiro atoms. The van der Waals surface area contributed by atoms with E-state index in [1.54, 1.807) is 32.9 Å². The van der Waals surface area contributed by atoms with Crippen molar-refractivity contribution in [2.45, 2.75) is 269 Å². The molecular weight excluding hydrogens is 1060 g/mol. The average Bonchev–Trinajstić information content (AvgIpc) is 3.64. The Morgan fingerprint density at radius 1 is 0.598 bits per heavy atom. The number of hydrogen-bond acceptors (Lipinski definition) is 19. The van der Waals surface area contributed by atoms with Gasteiger partial charge in [-0.15, -0.1) is 0 Å². The molecule has 19 heteroatoms. The maximum atomic E-state index is 14.0. The van der Waals surface area contributed by atoms with Crippen LogP contribution in [0.5, 0.6) is 0 Å². The van der Waals surface area contributed by atoms with E-state index in [2.05, 4.69) is 0 Å². The van der Waals surface area contributed by atoms with Crippen molar-refractivity contribution in [1.29, 1.82) is 0 Å². The molecule has 8 N–H and O–H groups in total. The summed E-state index contributed by atoms with van der Waals surface area (Å²) in [5.41, 5.74) is 1.56. The molecule has 25 unspecified atom stereocenters. The lowest BCUT2D eigenvalue weighted by Gasteiger charge is -2.49. The molecular formula is C63H102O19. The summed E-state index contributed by atoms with van der Waals surface area (Å²) in [6, 6.07) is 0. The van der Waals surface area contributed by atoms with Crippen LogP contribution in [0.3, 0.4) is 0 Å². The zero-order valence-corrected chi connectivity index (χ0v) is 50.9. The molecule has 25 atom stereocenters. The molecule has 0 radical (unpaired) electrons. The van der Waals surface area contributed by atoms with Gasteiger partial charge in [-0.3, -0.25) is 0 Å². The van der Waals surface area contributed by atoms with Crippen molar-refractivity contribution in [3.05, 3.63) is 71.9 Å². The predicted octanol–water partition coefficient (Wildman–Crippen LogP) is 6.70. The number of carbonyl (C=O) groups is 2. The summed E-state index contributed by atoms with van der Waals surface area (Å²) in [5, 5.41) is 88.9. The molecule has 0 bridgehead atoms. The number of cyclic esters (lactones) is 2. The summed E-state index contributed by atoms with van der Waals surface area (Å²) in [7, 11) is 1.49. The summed E-state index contributed by atoms with van der Waals surface area (Å²) in [6.07, 6.45) is 4.49. The Balaban J connectivity index is 1.39. The van der Waals surface area contributed by atoms with E-state index >= 15 is 0 Å². The number of esters is 2. The molecule has 0 aromatic rings. The van der Waals surface area contributed by atoms with Crippen molar-refractivity contribution in [2.75, 3.05) is 7.11 Å². The van der Waals surface area contributed by atoms with Gasteiger partial charge < -0.3 is 83.5 Å². The van der Waals surface area contributed by atoms with Crippen LogP contribution in [0.4, 0.5) is 0 Å². The topological polar surface area (TPSA) is 279 Å². The van der Waals surface area contributed by atoms with Crippen LogP contribution >= 0.6 is 0 Å². The monoisotopic (exact) mass is 1160 g/mol. The minimum atomic E-state index is -1.84. The molecule has 5 heterocycles. The van der Waals surface area contributed by atoms with Gasteiger partial charge in [-0.2, -0.15) is 0 Å². The van der Waals surface area contributed by atoms with Crippen molar-refractivity contribution in [1.82, 2.24) is 0 Å². The molecule has 0 saturated carbocycles. The van der Waals surface area contributed by atoms with Crippen LogP contribution in [0.25, 0.3) is 0 Å². The molecule has 19 nitrogen and oxygen atoms in total. The van der Waals surface area contributed by atoms with Gasteiger partial charge in [-0.05, 0) is 77.4 Å². The minimum Gasteiger partial charge on any atom is -0.458 e. The van der Waals surface area contributed by atoms with Gasteiger partial charge in [0, 0.05) is 86.9 Å². The third kappa shape index (κ3) is 18.2. The second-order valence-corrected chi connectivity index (χ2v) is 23.7. The van der Waals surface area contributed by atoms with Crippen LogP contribution in [0.15, 0.2) is 71.9 Å². The number of aliphatic hydroxyl groups is 8. The number of allylic oxidation sites excluding steroid dienone is 8. The van der Waals surface area contributed by atoms with Crippen molar-refractivity contribution in [2.24, 2.45) is 35.5 Å². The molecule has 0 amide bonds. The lowest BCUT2D eigenvalue weighted by Crippen LogP contribution is -2.60. The molecule has 5 aliphatic rings. The fourth-order valence-corrected chi connectivity index (χ4v) is 12.6. The first-order valence-electron chi connectivity index (χ1n) is 30.3. The van der Waals surface area contributed by atoms with E-state index in [1.807, 2.05) is 98.8 Å². The van der Waals surface area contributed by atoms with E-state index in [9.17, 15) is 50.4 Å². The summed E-state index contributed by atoms with van der Waals surface area (Å²) >= 11 is 0. The minimum absolute atomic E-state index is 0.00375. The van der Waals surface area contributed by atoms with E-state index in [4.69, 9.17) is 42.6 Å². The van der Waals surface area contributed by atoms with Gasteiger partial charge in [0.05, 0.1) is 54.9 Å². The van der Waals surface area contributed by atoms with Crippen molar-refractivity contribution in [3.8, 4) is 0 Å². The molecule has 4 saturated heterocycles. The fraction of sp³-hybridized carbons (Fsp3) is 0.778. The second kappa shape index (κ2) is 32.0. The van der Waals surface area contributed by atoms with Crippen molar-refractivity contribution in [3.63, 3.8) is 0 Å². The molecule has 0 aliphatic carbocycles. The number of rotatable bonds is 19. The van der Waals surface area contributed by atoms with Crippen LogP contribution in [0.2, 0.25) is 0 Å². The Labute approximate surface area is 487 Å². The molecule has 4 fully saturated rings. The second-order valence-electron chi connectivity index (χ2n) is 23.7. The van der Waals surface area contributed by atoms with Crippen LogP contribution in [0.1, 0.15) is 154 Å². The van der Waals surface area contributed by atoms with Crippen LogP contribution in [-0.2, 0) is 52.2 Å². The largest absolute Gasteiger partial charge is 0.458 e. The van der Waals surface area contributed by atoms with E-state index in [1.165, 1.54) is 19.3 Å². The maximum Gasteiger partial charge on any atom is 0.331 e. The number of ether oxygens (including phenoxy) is 9. The first-order valence-corrected chi connectivity index (χ1v) is 30.3. The van der Waals surface area contributed by atoms with Gasteiger partial charge in [0.15, 0.2) is 24.2 Å². The highest BCUT2D eigenvalue weighted by molar-refractivity contribution is 5.83. The Morgan fingerprint density at radius 3 is 1.56 bits per heavy atom.